The number of nitrogens with one attached hydrogen (secondary N) is 1. The number of hydrogen-bond donors (Lipinski definition) is 1. The zero-order chi connectivity index (χ0) is 19.7. The highest BCUT2D eigenvalue weighted by molar-refractivity contribution is 5.90. The van der Waals surface area contributed by atoms with Crippen molar-refractivity contribution in [3.63, 3.8) is 0 Å². The Balaban J connectivity index is 1.49. The van der Waals surface area contributed by atoms with E-state index in [1.165, 1.54) is 17.0 Å². The van der Waals surface area contributed by atoms with Crippen molar-refractivity contribution in [3.05, 3.63) is 70.3 Å². The second-order valence-corrected chi connectivity index (χ2v) is 6.66. The summed E-state index contributed by atoms with van der Waals surface area (Å²) < 4.78 is 11.9. The number of rotatable bonds is 4. The SMILES string of the molecule is Cc1ccc(NC(=O)Cn2cnc(-c3ccc4c(c3)OCO4)cc2=O)cc1C. The Bertz CT molecular complexity index is 1120. The number of aryl methyl sites for hydroxylation is 2. The maximum atomic E-state index is 12.4. The van der Waals surface area contributed by atoms with Crippen LogP contribution < -0.4 is 20.3 Å². The quantitative estimate of drug-likeness (QED) is 0.756. The predicted molar refractivity (Wildman–Crippen MR) is 105 cm³/mol. The Hall–Kier alpha value is -3.61. The van der Waals surface area contributed by atoms with Crippen LogP contribution in [0, 0.1) is 13.8 Å². The first-order valence-electron chi connectivity index (χ1n) is 8.83. The van der Waals surface area contributed by atoms with Crippen molar-refractivity contribution < 1.29 is 14.3 Å². The highest BCUT2D eigenvalue weighted by Crippen LogP contribution is 2.35. The summed E-state index contributed by atoms with van der Waals surface area (Å²) in [4.78, 5) is 29.0. The summed E-state index contributed by atoms with van der Waals surface area (Å²) in [5.41, 5.74) is 3.88. The third kappa shape index (κ3) is 3.59. The van der Waals surface area contributed by atoms with Crippen LogP contribution in [0.3, 0.4) is 0 Å². The van der Waals surface area contributed by atoms with Gasteiger partial charge in [-0.1, -0.05) is 6.07 Å². The molecule has 28 heavy (non-hydrogen) atoms. The van der Waals surface area contributed by atoms with Crippen LogP contribution in [0.5, 0.6) is 11.5 Å². The number of ether oxygens (including phenoxy) is 2. The van der Waals surface area contributed by atoms with E-state index in [0.717, 1.165) is 16.7 Å². The van der Waals surface area contributed by atoms with Gasteiger partial charge in [0.05, 0.1) is 12.0 Å². The number of hydrogen-bond acceptors (Lipinski definition) is 5. The second-order valence-electron chi connectivity index (χ2n) is 6.66. The van der Waals surface area contributed by atoms with Gasteiger partial charge in [0.1, 0.15) is 6.54 Å². The predicted octanol–water partition coefficient (Wildman–Crippen LogP) is 2.89. The van der Waals surface area contributed by atoms with E-state index in [0.29, 0.717) is 22.9 Å². The highest BCUT2D eigenvalue weighted by atomic mass is 16.7. The molecule has 1 aromatic heterocycles. The Morgan fingerprint density at radius 1 is 1.07 bits per heavy atom. The molecular formula is C21H19N3O4. The van der Waals surface area contributed by atoms with Crippen LogP contribution in [-0.2, 0) is 11.3 Å². The minimum atomic E-state index is -0.307. The van der Waals surface area contributed by atoms with Gasteiger partial charge >= 0.3 is 0 Å². The van der Waals surface area contributed by atoms with Crippen molar-refractivity contribution in [1.82, 2.24) is 9.55 Å². The van der Waals surface area contributed by atoms with E-state index in [4.69, 9.17) is 9.47 Å². The molecule has 4 rings (SSSR count). The van der Waals surface area contributed by atoms with Crippen LogP contribution in [-0.4, -0.2) is 22.3 Å². The van der Waals surface area contributed by atoms with Crippen LogP contribution in [0.4, 0.5) is 5.69 Å². The average Bonchev–Trinajstić information content (AvgIpc) is 3.14. The maximum absolute atomic E-state index is 12.4. The van der Waals surface area contributed by atoms with Gasteiger partial charge in [0.25, 0.3) is 5.56 Å². The number of fused-ring (bicyclic) bond motifs is 1. The Morgan fingerprint density at radius 3 is 2.68 bits per heavy atom. The molecule has 7 heteroatoms. The summed E-state index contributed by atoms with van der Waals surface area (Å²) in [6.07, 6.45) is 1.38. The van der Waals surface area contributed by atoms with Gasteiger partial charge < -0.3 is 14.8 Å². The largest absolute Gasteiger partial charge is 0.454 e. The number of nitrogens with zero attached hydrogens (tertiary/aromatic N) is 2. The molecule has 7 nitrogen and oxygen atoms in total. The molecular weight excluding hydrogens is 358 g/mol. The lowest BCUT2D eigenvalue weighted by molar-refractivity contribution is -0.116. The Kier molecular flexibility index (Phi) is 4.57. The number of carbonyl (C=O) groups is 1. The molecule has 2 aromatic carbocycles. The zero-order valence-corrected chi connectivity index (χ0v) is 15.6. The van der Waals surface area contributed by atoms with E-state index in [2.05, 4.69) is 10.3 Å². The minimum absolute atomic E-state index is 0.111. The lowest BCUT2D eigenvalue weighted by atomic mass is 10.1. The molecule has 0 bridgehead atoms. The Morgan fingerprint density at radius 2 is 1.89 bits per heavy atom. The van der Waals surface area contributed by atoms with Crippen LogP contribution in [0.15, 0.2) is 53.6 Å². The first kappa shape index (κ1) is 17.8. The fraction of sp³-hybridized carbons (Fsp3) is 0.190. The van der Waals surface area contributed by atoms with Crippen LogP contribution in [0.2, 0.25) is 0 Å². The molecule has 0 unspecified atom stereocenters. The molecule has 0 spiro atoms. The van der Waals surface area contributed by atoms with Gasteiger partial charge in [-0.15, -0.1) is 0 Å². The lowest BCUT2D eigenvalue weighted by Gasteiger charge is -2.09. The van der Waals surface area contributed by atoms with Gasteiger partial charge in [-0.3, -0.25) is 14.2 Å². The molecule has 1 N–H and O–H groups in total. The Labute approximate surface area is 161 Å². The van der Waals surface area contributed by atoms with Crippen molar-refractivity contribution in [2.45, 2.75) is 20.4 Å². The standard InChI is InChI=1S/C21H19N3O4/c1-13-3-5-16(7-14(13)2)23-20(25)10-24-11-22-17(9-21(24)26)15-4-6-18-19(8-15)28-12-27-18/h3-9,11H,10,12H2,1-2H3,(H,23,25). The van der Waals surface area contributed by atoms with Gasteiger partial charge in [-0.05, 0) is 55.3 Å². The van der Waals surface area contributed by atoms with E-state index in [9.17, 15) is 9.59 Å². The number of anilines is 1. The third-order valence-corrected chi connectivity index (χ3v) is 4.65. The maximum Gasteiger partial charge on any atom is 0.254 e. The van der Waals surface area contributed by atoms with E-state index in [-0.39, 0.29) is 24.8 Å². The zero-order valence-electron chi connectivity index (χ0n) is 15.6. The fourth-order valence-electron chi connectivity index (χ4n) is 2.93. The third-order valence-electron chi connectivity index (χ3n) is 4.65. The van der Waals surface area contributed by atoms with E-state index >= 15 is 0 Å². The molecule has 3 aromatic rings. The summed E-state index contributed by atoms with van der Waals surface area (Å²) in [6, 6.07) is 12.5. The van der Waals surface area contributed by atoms with Gasteiger partial charge in [-0.2, -0.15) is 0 Å². The number of amides is 1. The molecule has 0 radical (unpaired) electrons. The summed E-state index contributed by atoms with van der Waals surface area (Å²) in [7, 11) is 0. The molecule has 0 saturated carbocycles. The normalized spacial score (nSPS) is 12.1. The van der Waals surface area contributed by atoms with E-state index in [1.807, 2.05) is 38.1 Å². The smallest absolute Gasteiger partial charge is 0.254 e. The molecule has 0 aliphatic carbocycles. The molecule has 0 saturated heterocycles. The summed E-state index contributed by atoms with van der Waals surface area (Å²) in [6.45, 7) is 4.06. The van der Waals surface area contributed by atoms with Crippen molar-refractivity contribution in [2.24, 2.45) is 0 Å². The first-order chi connectivity index (χ1) is 13.5. The first-order valence-corrected chi connectivity index (χ1v) is 8.83. The number of carbonyl (C=O) groups excluding carboxylic acids is 1. The van der Waals surface area contributed by atoms with Gasteiger partial charge in [-0.25, -0.2) is 4.98 Å². The van der Waals surface area contributed by atoms with E-state index in [1.54, 1.807) is 12.1 Å². The number of aromatic nitrogens is 2. The summed E-state index contributed by atoms with van der Waals surface area (Å²) in [5, 5.41) is 2.80. The molecule has 2 heterocycles. The molecule has 0 fully saturated rings. The van der Waals surface area contributed by atoms with Crippen molar-refractivity contribution in [2.75, 3.05) is 12.1 Å². The van der Waals surface area contributed by atoms with Crippen LogP contribution in [0.1, 0.15) is 11.1 Å². The van der Waals surface area contributed by atoms with Gasteiger partial charge in [0.15, 0.2) is 11.5 Å². The van der Waals surface area contributed by atoms with Crippen molar-refractivity contribution in [3.8, 4) is 22.8 Å². The monoisotopic (exact) mass is 377 g/mol. The molecule has 142 valence electrons. The molecule has 1 amide bonds. The van der Waals surface area contributed by atoms with Crippen LogP contribution in [0.25, 0.3) is 11.3 Å². The van der Waals surface area contributed by atoms with Gasteiger partial charge in [0.2, 0.25) is 12.7 Å². The molecule has 0 atom stereocenters. The topological polar surface area (TPSA) is 82.5 Å². The summed E-state index contributed by atoms with van der Waals surface area (Å²) in [5.74, 6) is 0.999. The average molecular weight is 377 g/mol. The minimum Gasteiger partial charge on any atom is -0.454 e. The fourth-order valence-corrected chi connectivity index (χ4v) is 2.93. The molecule has 1 aliphatic rings. The van der Waals surface area contributed by atoms with E-state index < -0.39 is 0 Å². The number of benzene rings is 2. The van der Waals surface area contributed by atoms with Gasteiger partial charge in [0, 0.05) is 17.3 Å². The highest BCUT2D eigenvalue weighted by Gasteiger charge is 2.15. The van der Waals surface area contributed by atoms with Crippen LogP contribution >= 0.6 is 0 Å². The summed E-state index contributed by atoms with van der Waals surface area (Å²) >= 11 is 0. The second kappa shape index (κ2) is 7.19. The van der Waals surface area contributed by atoms with Crippen molar-refractivity contribution in [1.29, 1.82) is 0 Å². The lowest BCUT2D eigenvalue weighted by Crippen LogP contribution is -2.27. The molecule has 1 aliphatic heterocycles. The van der Waals surface area contributed by atoms with Crippen molar-refractivity contribution >= 4 is 11.6 Å².